The Balaban J connectivity index is 1.92. The number of hydrogen-bond acceptors (Lipinski definition) is 1. The molecule has 1 saturated heterocycles. The Morgan fingerprint density at radius 2 is 1.93 bits per heavy atom. The van der Waals surface area contributed by atoms with Gasteiger partial charge in [-0.25, -0.2) is 0 Å². The van der Waals surface area contributed by atoms with E-state index >= 15 is 0 Å². The molecule has 0 aromatic rings. The lowest BCUT2D eigenvalue weighted by atomic mass is 9.57. The van der Waals surface area contributed by atoms with Crippen LogP contribution in [0.15, 0.2) is 0 Å². The van der Waals surface area contributed by atoms with Gasteiger partial charge in [-0.15, -0.1) is 0 Å². The molecule has 1 saturated carbocycles. The van der Waals surface area contributed by atoms with Crippen molar-refractivity contribution < 1.29 is 0 Å². The third-order valence-electron chi connectivity index (χ3n) is 4.76. The van der Waals surface area contributed by atoms with E-state index in [1.54, 1.807) is 0 Å². The van der Waals surface area contributed by atoms with Crippen LogP contribution in [0.3, 0.4) is 0 Å². The smallest absolute Gasteiger partial charge is 0.00438 e. The first-order chi connectivity index (χ1) is 7.03. The maximum absolute atomic E-state index is 2.69. The van der Waals surface area contributed by atoms with Gasteiger partial charge in [-0.1, -0.05) is 13.8 Å². The van der Waals surface area contributed by atoms with Gasteiger partial charge >= 0.3 is 0 Å². The summed E-state index contributed by atoms with van der Waals surface area (Å²) in [5.41, 5.74) is 0.745. The van der Waals surface area contributed by atoms with Crippen LogP contribution in [0.4, 0.5) is 0 Å². The lowest BCUT2D eigenvalue weighted by Crippen LogP contribution is -2.44. The Morgan fingerprint density at radius 1 is 1.20 bits per heavy atom. The lowest BCUT2D eigenvalue weighted by Gasteiger charge is -2.48. The van der Waals surface area contributed by atoms with Crippen LogP contribution in [0.5, 0.6) is 0 Å². The number of likely N-dealkylation sites (tertiary alicyclic amines) is 1. The molecule has 1 aliphatic heterocycles. The van der Waals surface area contributed by atoms with Crippen molar-refractivity contribution in [3.05, 3.63) is 0 Å². The Kier molecular flexibility index (Phi) is 3.12. The molecule has 1 heteroatoms. The van der Waals surface area contributed by atoms with Gasteiger partial charge in [-0.05, 0) is 63.3 Å². The van der Waals surface area contributed by atoms with Crippen LogP contribution >= 0.6 is 0 Å². The van der Waals surface area contributed by atoms with Crippen molar-refractivity contribution in [2.24, 2.45) is 17.3 Å². The molecule has 1 unspecified atom stereocenters. The molecule has 1 nitrogen and oxygen atoms in total. The fourth-order valence-corrected chi connectivity index (χ4v) is 3.60. The number of hydrogen-bond donors (Lipinski definition) is 0. The van der Waals surface area contributed by atoms with Gasteiger partial charge in [0.15, 0.2) is 0 Å². The van der Waals surface area contributed by atoms with Crippen molar-refractivity contribution in [2.45, 2.75) is 59.4 Å². The van der Waals surface area contributed by atoms with Gasteiger partial charge in [0.25, 0.3) is 0 Å². The summed E-state index contributed by atoms with van der Waals surface area (Å²) < 4.78 is 0. The summed E-state index contributed by atoms with van der Waals surface area (Å²) in [7, 11) is 0. The predicted octanol–water partition coefficient (Wildman–Crippen LogP) is 3.54. The molecule has 0 N–H and O–H groups in total. The normalized spacial score (nSPS) is 36.8. The predicted molar refractivity (Wildman–Crippen MR) is 65.9 cm³/mol. The van der Waals surface area contributed by atoms with Crippen LogP contribution < -0.4 is 0 Å². The van der Waals surface area contributed by atoms with Crippen molar-refractivity contribution in [3.8, 4) is 0 Å². The van der Waals surface area contributed by atoms with Gasteiger partial charge in [0, 0.05) is 12.6 Å². The Morgan fingerprint density at radius 3 is 2.33 bits per heavy atom. The molecular formula is C14H27N. The van der Waals surface area contributed by atoms with E-state index in [1.165, 1.54) is 38.8 Å². The Hall–Kier alpha value is -0.0400. The highest BCUT2D eigenvalue weighted by atomic mass is 15.2. The van der Waals surface area contributed by atoms with E-state index in [0.29, 0.717) is 0 Å². The molecular weight excluding hydrogens is 182 g/mol. The Bertz CT molecular complexity index is 221. The van der Waals surface area contributed by atoms with Gasteiger partial charge in [0.1, 0.15) is 0 Å². The fraction of sp³-hybridized carbons (Fsp3) is 1.00. The average molecular weight is 209 g/mol. The standard InChI is InChI=1S/C14H27N/c1-11(2)9-13-5-6-14(13)7-8-15(10-14)12(3)4/h11-13H,5-10H2,1-4H3/t13?,14-/m1/s1. The van der Waals surface area contributed by atoms with Crippen molar-refractivity contribution >= 4 is 0 Å². The first kappa shape index (κ1) is 11.4. The average Bonchev–Trinajstić information content (AvgIpc) is 2.59. The first-order valence-electron chi connectivity index (χ1n) is 6.77. The van der Waals surface area contributed by atoms with Gasteiger partial charge in [0.05, 0.1) is 0 Å². The van der Waals surface area contributed by atoms with Gasteiger partial charge in [-0.3, -0.25) is 0 Å². The van der Waals surface area contributed by atoms with E-state index in [2.05, 4.69) is 32.6 Å². The maximum Gasteiger partial charge on any atom is 0.00438 e. The second-order valence-corrected chi connectivity index (χ2v) is 6.54. The van der Waals surface area contributed by atoms with Crippen molar-refractivity contribution in [3.63, 3.8) is 0 Å². The largest absolute Gasteiger partial charge is 0.300 e. The number of nitrogens with zero attached hydrogens (tertiary/aromatic N) is 1. The molecule has 1 aliphatic carbocycles. The topological polar surface area (TPSA) is 3.24 Å². The number of rotatable bonds is 3. The third-order valence-corrected chi connectivity index (χ3v) is 4.76. The van der Waals surface area contributed by atoms with Crippen molar-refractivity contribution in [1.29, 1.82) is 0 Å². The van der Waals surface area contributed by atoms with Crippen LogP contribution in [0.2, 0.25) is 0 Å². The molecule has 1 spiro atoms. The molecule has 88 valence electrons. The quantitative estimate of drug-likeness (QED) is 0.687. The van der Waals surface area contributed by atoms with Gasteiger partial charge in [-0.2, -0.15) is 0 Å². The minimum Gasteiger partial charge on any atom is -0.300 e. The second-order valence-electron chi connectivity index (χ2n) is 6.54. The summed E-state index contributed by atoms with van der Waals surface area (Å²) in [6.07, 6.45) is 5.95. The molecule has 2 atom stereocenters. The highest BCUT2D eigenvalue weighted by Gasteiger charge is 2.50. The summed E-state index contributed by atoms with van der Waals surface area (Å²) in [6.45, 7) is 12.2. The molecule has 0 radical (unpaired) electrons. The second kappa shape index (κ2) is 4.08. The van der Waals surface area contributed by atoms with E-state index in [9.17, 15) is 0 Å². The van der Waals surface area contributed by atoms with Crippen LogP contribution in [0.25, 0.3) is 0 Å². The fourth-order valence-electron chi connectivity index (χ4n) is 3.60. The molecule has 2 rings (SSSR count). The summed E-state index contributed by atoms with van der Waals surface area (Å²) in [5, 5.41) is 0. The summed E-state index contributed by atoms with van der Waals surface area (Å²) in [4.78, 5) is 2.69. The molecule has 15 heavy (non-hydrogen) atoms. The molecule has 1 heterocycles. The van der Waals surface area contributed by atoms with E-state index in [4.69, 9.17) is 0 Å². The molecule has 0 aromatic carbocycles. The molecule has 2 aliphatic rings. The van der Waals surface area contributed by atoms with Crippen LogP contribution in [-0.4, -0.2) is 24.0 Å². The van der Waals surface area contributed by atoms with E-state index in [1.807, 2.05) is 0 Å². The zero-order valence-corrected chi connectivity index (χ0v) is 10.9. The molecule has 2 fully saturated rings. The van der Waals surface area contributed by atoms with E-state index < -0.39 is 0 Å². The minimum absolute atomic E-state index is 0.745. The van der Waals surface area contributed by atoms with Gasteiger partial charge in [0.2, 0.25) is 0 Å². The van der Waals surface area contributed by atoms with Crippen molar-refractivity contribution in [2.75, 3.05) is 13.1 Å². The third kappa shape index (κ3) is 2.08. The first-order valence-corrected chi connectivity index (χ1v) is 6.77. The highest BCUT2D eigenvalue weighted by molar-refractivity contribution is 5.02. The zero-order valence-electron chi connectivity index (χ0n) is 10.9. The maximum atomic E-state index is 2.69. The van der Waals surface area contributed by atoms with E-state index in [-0.39, 0.29) is 0 Å². The summed E-state index contributed by atoms with van der Waals surface area (Å²) in [6, 6.07) is 0.754. The molecule has 0 aromatic heterocycles. The zero-order chi connectivity index (χ0) is 11.1. The Labute approximate surface area is 95.2 Å². The van der Waals surface area contributed by atoms with Crippen LogP contribution in [0, 0.1) is 17.3 Å². The molecule has 0 amide bonds. The summed E-state index contributed by atoms with van der Waals surface area (Å²) in [5.74, 6) is 1.93. The van der Waals surface area contributed by atoms with Crippen LogP contribution in [-0.2, 0) is 0 Å². The monoisotopic (exact) mass is 209 g/mol. The minimum atomic E-state index is 0.745. The molecule has 0 bridgehead atoms. The summed E-state index contributed by atoms with van der Waals surface area (Å²) >= 11 is 0. The lowest BCUT2D eigenvalue weighted by molar-refractivity contribution is 0.0209. The van der Waals surface area contributed by atoms with Crippen molar-refractivity contribution in [1.82, 2.24) is 4.90 Å². The highest BCUT2D eigenvalue weighted by Crippen LogP contribution is 2.55. The van der Waals surface area contributed by atoms with Crippen LogP contribution in [0.1, 0.15) is 53.4 Å². The van der Waals surface area contributed by atoms with E-state index in [0.717, 1.165) is 23.3 Å². The van der Waals surface area contributed by atoms with Gasteiger partial charge < -0.3 is 4.90 Å². The SMILES string of the molecule is CC(C)CC1CC[C@]12CCN(C(C)C)C2.